The third-order valence-corrected chi connectivity index (χ3v) is 6.65. The molecule has 0 bridgehead atoms. The number of anilines is 1. The van der Waals surface area contributed by atoms with Crippen LogP contribution in [0.25, 0.3) is 10.2 Å². The Balaban J connectivity index is 1.88. The molecule has 0 unspecified atom stereocenters. The molecule has 0 amide bonds. The van der Waals surface area contributed by atoms with Crippen LogP contribution in [-0.2, 0) is 15.6 Å². The Morgan fingerprint density at radius 1 is 1.30 bits per heavy atom. The van der Waals surface area contributed by atoms with Crippen LogP contribution in [0, 0.1) is 16.7 Å². The van der Waals surface area contributed by atoms with E-state index in [1.165, 1.54) is 0 Å². The number of hydrogen-bond acceptors (Lipinski definition) is 8. The van der Waals surface area contributed by atoms with E-state index < -0.39 is 15.7 Å². The molecule has 3 aromatic rings. The molecule has 1 heterocycles. The van der Waals surface area contributed by atoms with E-state index in [0.29, 0.717) is 21.5 Å². The monoisotopic (exact) mass is 398 g/mol. The lowest BCUT2D eigenvalue weighted by Gasteiger charge is -2.00. The van der Waals surface area contributed by atoms with Crippen molar-refractivity contribution in [2.45, 2.75) is 10.1 Å². The first-order chi connectivity index (χ1) is 12.9. The molecule has 0 radical (unpaired) electrons. The molecule has 0 spiro atoms. The van der Waals surface area contributed by atoms with Crippen LogP contribution in [0.15, 0.2) is 58.0 Å². The summed E-state index contributed by atoms with van der Waals surface area (Å²) >= 11 is 1.06. The summed E-state index contributed by atoms with van der Waals surface area (Å²) < 4.78 is 25.9. The number of aromatic nitrogens is 1. The second-order valence-corrected chi connectivity index (χ2v) is 8.70. The molecule has 0 aliphatic rings. The van der Waals surface area contributed by atoms with E-state index in [0.717, 1.165) is 11.3 Å². The fourth-order valence-electron chi connectivity index (χ4n) is 2.23. The van der Waals surface area contributed by atoms with E-state index in [1.807, 2.05) is 6.07 Å². The molecule has 136 valence electrons. The fraction of sp³-hybridized carbons (Fsp3) is 0.0588. The molecule has 0 fully saturated rings. The average molecular weight is 398 g/mol. The van der Waals surface area contributed by atoms with Gasteiger partial charge in [0.25, 0.3) is 0 Å². The average Bonchev–Trinajstić information content (AvgIpc) is 3.07. The van der Waals surface area contributed by atoms with Gasteiger partial charge < -0.3 is 5.73 Å². The van der Waals surface area contributed by atoms with Crippen LogP contribution < -0.4 is 11.2 Å². The van der Waals surface area contributed by atoms with E-state index in [4.69, 9.17) is 16.4 Å². The van der Waals surface area contributed by atoms with Gasteiger partial charge in [-0.3, -0.25) is 10.8 Å². The van der Waals surface area contributed by atoms with Crippen molar-refractivity contribution in [2.24, 2.45) is 10.8 Å². The van der Waals surface area contributed by atoms with Gasteiger partial charge in [-0.25, -0.2) is 13.4 Å². The summed E-state index contributed by atoms with van der Waals surface area (Å²) in [6, 6.07) is 15.6. The molecule has 27 heavy (non-hydrogen) atoms. The van der Waals surface area contributed by atoms with Gasteiger partial charge in [0.15, 0.2) is 5.84 Å². The molecule has 0 aliphatic heterocycles. The van der Waals surface area contributed by atoms with Gasteiger partial charge in [0.05, 0.1) is 21.7 Å². The summed E-state index contributed by atoms with van der Waals surface area (Å²) in [5.74, 6) is -0.564. The summed E-state index contributed by atoms with van der Waals surface area (Å²) in [6.45, 7) is 0. The lowest BCUT2D eigenvalue weighted by Crippen LogP contribution is -2.21. The number of benzene rings is 2. The van der Waals surface area contributed by atoms with Gasteiger partial charge in [-0.2, -0.15) is 10.4 Å². The highest BCUT2D eigenvalue weighted by Gasteiger charge is 2.20. The SMILES string of the molecule is N#C/C(=N\Nc1ccc2nc(S(=O)(=O)Cc3ccccc3)sc2c1)C(=N)N. The van der Waals surface area contributed by atoms with Gasteiger partial charge in [-0.05, 0) is 23.8 Å². The van der Waals surface area contributed by atoms with E-state index in [1.54, 1.807) is 48.5 Å². The standard InChI is InChI=1S/C17H14N6O2S2/c18-9-14(16(19)20)23-22-12-6-7-13-15(8-12)26-17(21-13)27(24,25)10-11-4-2-1-3-5-11/h1-8,22H,10H2,(H3,19,20)/b23-14+. The maximum absolute atomic E-state index is 12.6. The lowest BCUT2D eigenvalue weighted by atomic mass is 10.2. The first-order valence-electron chi connectivity index (χ1n) is 7.64. The summed E-state index contributed by atoms with van der Waals surface area (Å²) in [7, 11) is -3.56. The zero-order valence-corrected chi connectivity index (χ0v) is 15.5. The Labute approximate surface area is 159 Å². The first-order valence-corrected chi connectivity index (χ1v) is 10.1. The van der Waals surface area contributed by atoms with Crippen molar-refractivity contribution < 1.29 is 8.42 Å². The van der Waals surface area contributed by atoms with E-state index in [9.17, 15) is 8.42 Å². The second-order valence-electron chi connectivity index (χ2n) is 5.50. The molecule has 0 saturated heterocycles. The molecule has 1 aromatic heterocycles. The maximum atomic E-state index is 12.6. The number of fused-ring (bicyclic) bond motifs is 1. The number of sulfone groups is 1. The van der Waals surface area contributed by atoms with Crippen molar-refractivity contribution in [3.05, 3.63) is 54.1 Å². The Morgan fingerprint density at radius 3 is 2.70 bits per heavy atom. The van der Waals surface area contributed by atoms with Crippen molar-refractivity contribution in [1.82, 2.24) is 4.98 Å². The summed E-state index contributed by atoms with van der Waals surface area (Å²) in [5.41, 5.74) is 9.38. The van der Waals surface area contributed by atoms with Gasteiger partial charge in [0, 0.05) is 0 Å². The van der Waals surface area contributed by atoms with E-state index in [2.05, 4.69) is 15.5 Å². The third-order valence-electron chi connectivity index (χ3n) is 3.49. The Hall–Kier alpha value is -3.29. The molecule has 0 saturated carbocycles. The maximum Gasteiger partial charge on any atom is 0.210 e. The molecule has 0 aliphatic carbocycles. The number of hydrogen-bond donors (Lipinski definition) is 3. The van der Waals surface area contributed by atoms with Crippen molar-refractivity contribution in [3.8, 4) is 6.07 Å². The minimum Gasteiger partial charge on any atom is -0.382 e. The van der Waals surface area contributed by atoms with Crippen LogP contribution in [0.3, 0.4) is 0 Å². The molecule has 4 N–H and O–H groups in total. The number of nitriles is 1. The Bertz CT molecular complexity index is 1180. The summed E-state index contributed by atoms with van der Waals surface area (Å²) in [5, 5.41) is 19.8. The Morgan fingerprint density at radius 2 is 2.04 bits per heavy atom. The highest BCUT2D eigenvalue weighted by atomic mass is 32.2. The number of nitrogens with zero attached hydrogens (tertiary/aromatic N) is 3. The van der Waals surface area contributed by atoms with Gasteiger partial charge in [-0.15, -0.1) is 11.3 Å². The summed E-state index contributed by atoms with van der Waals surface area (Å²) in [4.78, 5) is 4.22. The van der Waals surface area contributed by atoms with Crippen LogP contribution in [-0.4, -0.2) is 24.9 Å². The number of rotatable bonds is 6. The van der Waals surface area contributed by atoms with Crippen LogP contribution in [0.2, 0.25) is 0 Å². The topological polar surface area (TPSA) is 145 Å². The molecule has 8 nitrogen and oxygen atoms in total. The largest absolute Gasteiger partial charge is 0.382 e. The number of nitrogens with one attached hydrogen (secondary N) is 2. The van der Waals surface area contributed by atoms with Gasteiger partial charge >= 0.3 is 0 Å². The van der Waals surface area contributed by atoms with Gasteiger partial charge in [-0.1, -0.05) is 30.3 Å². The van der Waals surface area contributed by atoms with Crippen molar-refractivity contribution in [1.29, 1.82) is 10.7 Å². The first kappa shape index (κ1) is 18.5. The molecular formula is C17H14N6O2S2. The van der Waals surface area contributed by atoms with E-state index in [-0.39, 0.29) is 15.8 Å². The zero-order valence-electron chi connectivity index (χ0n) is 13.9. The van der Waals surface area contributed by atoms with Crippen LogP contribution >= 0.6 is 11.3 Å². The van der Waals surface area contributed by atoms with Gasteiger partial charge in [0.2, 0.25) is 19.9 Å². The summed E-state index contributed by atoms with van der Waals surface area (Å²) in [6.07, 6.45) is 0. The molecule has 10 heteroatoms. The molecule has 2 aromatic carbocycles. The van der Waals surface area contributed by atoms with Crippen molar-refractivity contribution >= 4 is 48.6 Å². The van der Waals surface area contributed by atoms with Crippen LogP contribution in [0.4, 0.5) is 5.69 Å². The highest BCUT2D eigenvalue weighted by molar-refractivity contribution is 7.92. The fourth-order valence-corrected chi connectivity index (χ4v) is 4.91. The predicted octanol–water partition coefficient (Wildman–Crippen LogP) is 2.50. The number of thiazole rings is 1. The number of hydrazone groups is 1. The minimum absolute atomic E-state index is 0.0449. The molecule has 3 rings (SSSR count). The smallest absolute Gasteiger partial charge is 0.210 e. The number of amidine groups is 1. The van der Waals surface area contributed by atoms with E-state index >= 15 is 0 Å². The van der Waals surface area contributed by atoms with Crippen molar-refractivity contribution in [3.63, 3.8) is 0 Å². The zero-order chi connectivity index (χ0) is 19.4. The molecule has 0 atom stereocenters. The predicted molar refractivity (Wildman–Crippen MR) is 106 cm³/mol. The highest BCUT2D eigenvalue weighted by Crippen LogP contribution is 2.29. The molecular weight excluding hydrogens is 384 g/mol. The number of nitrogens with two attached hydrogens (primary N) is 1. The lowest BCUT2D eigenvalue weighted by molar-refractivity contribution is 0.594. The van der Waals surface area contributed by atoms with Crippen molar-refractivity contribution in [2.75, 3.05) is 5.43 Å². The minimum atomic E-state index is -3.56. The van der Waals surface area contributed by atoms with Crippen LogP contribution in [0.5, 0.6) is 0 Å². The quantitative estimate of drug-likeness (QED) is 0.330. The normalized spacial score (nSPS) is 11.9. The Kier molecular flexibility index (Phi) is 5.16. The van der Waals surface area contributed by atoms with Crippen LogP contribution in [0.1, 0.15) is 5.56 Å². The van der Waals surface area contributed by atoms with Gasteiger partial charge in [0.1, 0.15) is 6.07 Å². The third kappa shape index (κ3) is 4.28. The second kappa shape index (κ2) is 7.53.